The Morgan fingerprint density at radius 2 is 1.40 bits per heavy atom. The molecular weight excluding hydrogens is 260 g/mol. The third-order valence-electron chi connectivity index (χ3n) is 1.25. The number of rotatable bonds is 4. The second kappa shape index (κ2) is 14.6. The van der Waals surface area contributed by atoms with Gasteiger partial charge in [0.25, 0.3) is 0 Å². The van der Waals surface area contributed by atoms with Gasteiger partial charge in [-0.15, -0.1) is 0 Å². The molecule has 0 radical (unpaired) electrons. The number of primary amides is 1. The standard InChI is InChI=1S/C7H15NOS.CH3NOS.Ca/c1-3-5-8(6-4-2)7(9)10;2-1(3)4;/h3-6H2,1-2H3,(H,9,10);(H3,2,3,4);/q;;+2/p-2. The molecule has 0 aliphatic carbocycles. The fourth-order valence-electron chi connectivity index (χ4n) is 0.834. The van der Waals surface area contributed by atoms with E-state index in [4.69, 9.17) is 4.79 Å². The zero-order chi connectivity index (χ0) is 11.6. The molecule has 0 aliphatic rings. The van der Waals surface area contributed by atoms with Gasteiger partial charge in [0.15, 0.2) is 0 Å². The Kier molecular flexibility index (Phi) is 20.5. The van der Waals surface area contributed by atoms with Gasteiger partial charge in [0.1, 0.15) is 5.24 Å². The summed E-state index contributed by atoms with van der Waals surface area (Å²) in [5, 5.41) is -0.969. The topological polar surface area (TPSA) is 63.4 Å². The molecule has 2 amide bonds. The molecule has 84 valence electrons. The van der Waals surface area contributed by atoms with Gasteiger partial charge in [-0.1, -0.05) is 13.8 Å². The van der Waals surface area contributed by atoms with Crippen LogP contribution in [0, 0.1) is 0 Å². The van der Waals surface area contributed by atoms with Crippen molar-refractivity contribution in [1.29, 1.82) is 0 Å². The maximum Gasteiger partial charge on any atom is 2.00 e. The van der Waals surface area contributed by atoms with Crippen LogP contribution in [0.25, 0.3) is 0 Å². The minimum Gasteiger partial charge on any atom is -0.719 e. The van der Waals surface area contributed by atoms with Crippen LogP contribution >= 0.6 is 0 Å². The molecule has 2 N–H and O–H groups in total. The molecule has 0 aromatic rings. The van der Waals surface area contributed by atoms with Crippen molar-refractivity contribution in [3.63, 3.8) is 0 Å². The van der Waals surface area contributed by atoms with Gasteiger partial charge in [0.05, 0.1) is 5.24 Å². The first-order valence-corrected chi connectivity index (χ1v) is 5.19. The van der Waals surface area contributed by atoms with Crippen molar-refractivity contribution in [2.24, 2.45) is 5.73 Å². The smallest absolute Gasteiger partial charge is 0.719 e. The first-order chi connectivity index (χ1) is 6.45. The first-order valence-electron chi connectivity index (χ1n) is 4.38. The molecule has 0 bridgehead atoms. The number of carbonyl (C=O) groups excluding carboxylic acids is 2. The summed E-state index contributed by atoms with van der Waals surface area (Å²) in [4.78, 5) is 21.4. The second-order valence-corrected chi connectivity index (χ2v) is 3.32. The van der Waals surface area contributed by atoms with Gasteiger partial charge < -0.3 is 45.5 Å². The zero-order valence-electron chi connectivity index (χ0n) is 9.19. The van der Waals surface area contributed by atoms with E-state index in [-0.39, 0.29) is 43.0 Å². The van der Waals surface area contributed by atoms with Gasteiger partial charge in [0.2, 0.25) is 0 Å². The third kappa shape index (κ3) is 20.7. The van der Waals surface area contributed by atoms with E-state index >= 15 is 0 Å². The molecule has 0 saturated carbocycles. The van der Waals surface area contributed by atoms with Crippen molar-refractivity contribution in [1.82, 2.24) is 4.90 Å². The van der Waals surface area contributed by atoms with E-state index in [1.807, 2.05) is 13.8 Å². The second-order valence-electron chi connectivity index (χ2n) is 2.57. The summed E-state index contributed by atoms with van der Waals surface area (Å²) in [5.74, 6) is 0. The van der Waals surface area contributed by atoms with Gasteiger partial charge in [0, 0.05) is 13.1 Å². The van der Waals surface area contributed by atoms with Crippen molar-refractivity contribution < 1.29 is 9.59 Å². The van der Waals surface area contributed by atoms with Crippen LogP contribution in [0.5, 0.6) is 0 Å². The van der Waals surface area contributed by atoms with Crippen molar-refractivity contribution in [2.45, 2.75) is 26.7 Å². The van der Waals surface area contributed by atoms with Crippen LogP contribution in [0.3, 0.4) is 0 Å². The fraction of sp³-hybridized carbons (Fsp3) is 0.750. The number of hydrogen-bond acceptors (Lipinski definition) is 4. The molecule has 0 unspecified atom stereocenters. The van der Waals surface area contributed by atoms with E-state index in [9.17, 15) is 4.79 Å². The van der Waals surface area contributed by atoms with Crippen molar-refractivity contribution in [3.05, 3.63) is 0 Å². The summed E-state index contributed by atoms with van der Waals surface area (Å²) >= 11 is 8.28. The van der Waals surface area contributed by atoms with Crippen molar-refractivity contribution in [2.75, 3.05) is 13.1 Å². The summed E-state index contributed by atoms with van der Waals surface area (Å²) in [5.41, 5.74) is 4.29. The molecule has 0 aromatic carbocycles. The van der Waals surface area contributed by atoms with Crippen LogP contribution in [0.15, 0.2) is 0 Å². The summed E-state index contributed by atoms with van der Waals surface area (Å²) in [7, 11) is 0. The Bertz CT molecular complexity index is 172. The van der Waals surface area contributed by atoms with E-state index in [1.54, 1.807) is 4.90 Å². The Hall–Kier alpha value is 0.640. The fourth-order valence-corrected chi connectivity index (χ4v) is 1.02. The summed E-state index contributed by atoms with van der Waals surface area (Å²) in [6, 6.07) is 0. The normalized spacial score (nSPS) is 7.87. The summed E-state index contributed by atoms with van der Waals surface area (Å²) < 4.78 is 0. The molecule has 0 heterocycles. The van der Waals surface area contributed by atoms with Crippen LogP contribution in [-0.4, -0.2) is 66.2 Å². The molecule has 7 heteroatoms. The van der Waals surface area contributed by atoms with Crippen LogP contribution < -0.4 is 5.73 Å². The van der Waals surface area contributed by atoms with Crippen LogP contribution in [-0.2, 0) is 25.3 Å². The van der Waals surface area contributed by atoms with Gasteiger partial charge >= 0.3 is 37.7 Å². The van der Waals surface area contributed by atoms with Crippen LogP contribution in [0.1, 0.15) is 26.7 Å². The van der Waals surface area contributed by atoms with Gasteiger partial charge in [-0.2, -0.15) is 0 Å². The van der Waals surface area contributed by atoms with Crippen LogP contribution in [0.4, 0.5) is 9.59 Å². The molecule has 15 heavy (non-hydrogen) atoms. The van der Waals surface area contributed by atoms with Crippen molar-refractivity contribution in [3.8, 4) is 0 Å². The predicted molar refractivity (Wildman–Crippen MR) is 67.6 cm³/mol. The van der Waals surface area contributed by atoms with Gasteiger partial charge in [-0.3, -0.25) is 0 Å². The number of amides is 2. The molecule has 0 aromatic heterocycles. The zero-order valence-corrected chi connectivity index (χ0v) is 13.0. The molecule has 0 aliphatic heterocycles. The maximum absolute atomic E-state index is 10.7. The molecule has 0 rings (SSSR count). The van der Waals surface area contributed by atoms with E-state index in [0.29, 0.717) is 0 Å². The Morgan fingerprint density at radius 1 is 1.13 bits per heavy atom. The largest absolute Gasteiger partial charge is 2.00 e. The molecule has 0 saturated heterocycles. The number of nitrogens with two attached hydrogens (primary N) is 1. The third-order valence-corrected chi connectivity index (χ3v) is 1.50. The molecule has 0 atom stereocenters. The monoisotopic (exact) mass is 276 g/mol. The van der Waals surface area contributed by atoms with E-state index in [2.05, 4.69) is 31.0 Å². The van der Waals surface area contributed by atoms with Crippen molar-refractivity contribution >= 4 is 73.5 Å². The van der Waals surface area contributed by atoms with E-state index in [0.717, 1.165) is 25.9 Å². The minimum atomic E-state index is -0.750. The van der Waals surface area contributed by atoms with Gasteiger partial charge in [-0.25, -0.2) is 0 Å². The van der Waals surface area contributed by atoms with E-state index in [1.165, 1.54) is 0 Å². The molecule has 0 fully saturated rings. The number of carbonyl (C=O) groups is 2. The SMILES string of the molecule is CCCN(CCC)C(=O)[S-].NC(=O)[S-].[Ca+2]. The minimum absolute atomic E-state index is 0. The number of hydrogen-bond donors (Lipinski definition) is 1. The van der Waals surface area contributed by atoms with E-state index < -0.39 is 5.24 Å². The summed E-state index contributed by atoms with van der Waals surface area (Å²) in [6.07, 6.45) is 1.98. The first kappa shape index (κ1) is 21.0. The quantitative estimate of drug-likeness (QED) is 0.615. The average Bonchev–Trinajstić information content (AvgIpc) is 2.02. The predicted octanol–water partition coefficient (Wildman–Crippen LogP) is 1.01. The molecule has 4 nitrogen and oxygen atoms in total. The molecule has 0 spiro atoms. The Balaban J connectivity index is -0.000000249. The van der Waals surface area contributed by atoms with Crippen LogP contribution in [0.2, 0.25) is 0 Å². The Labute approximate surface area is 132 Å². The summed E-state index contributed by atoms with van der Waals surface area (Å²) in [6.45, 7) is 5.69. The molecular formula is C8H16CaN2O2S2. The maximum atomic E-state index is 10.7. The number of nitrogens with zero attached hydrogens (tertiary/aromatic N) is 1. The van der Waals surface area contributed by atoms with Gasteiger partial charge in [-0.05, 0) is 12.8 Å². The Morgan fingerprint density at radius 3 is 1.53 bits per heavy atom. The average molecular weight is 276 g/mol.